The summed E-state index contributed by atoms with van der Waals surface area (Å²) in [6, 6.07) is 5.62. The quantitative estimate of drug-likeness (QED) is 0.907. The van der Waals surface area contributed by atoms with Crippen LogP contribution in [0.1, 0.15) is 18.9 Å². The highest BCUT2D eigenvalue weighted by Crippen LogP contribution is 2.24. The second kappa shape index (κ2) is 6.38. The monoisotopic (exact) mass is 304 g/mol. The Balaban J connectivity index is 2.81. The molecule has 0 saturated carbocycles. The Hall–Kier alpha value is -0.380. The Bertz CT molecular complexity index is 379. The van der Waals surface area contributed by atoms with Gasteiger partial charge in [0.05, 0.1) is 0 Å². The van der Waals surface area contributed by atoms with Crippen molar-refractivity contribution in [2.24, 2.45) is 5.92 Å². The number of hydrogen-bond acceptors (Lipinski definition) is 2. The first-order valence-electron chi connectivity index (χ1n) is 5.10. The van der Waals surface area contributed by atoms with Gasteiger partial charge in [0, 0.05) is 22.0 Å². The van der Waals surface area contributed by atoms with Gasteiger partial charge >= 0.3 is 0 Å². The lowest BCUT2D eigenvalue weighted by atomic mass is 9.93. The smallest absolute Gasteiger partial charge is 0.133 e. The predicted molar refractivity (Wildman–Crippen MR) is 68.7 cm³/mol. The summed E-state index contributed by atoms with van der Waals surface area (Å²) in [6.07, 6.45) is 1.07. The van der Waals surface area contributed by atoms with Crippen molar-refractivity contribution in [3.05, 3.63) is 33.3 Å². The lowest BCUT2D eigenvalue weighted by Gasteiger charge is -2.13. The average Bonchev–Trinajstić information content (AvgIpc) is 2.20. The van der Waals surface area contributed by atoms with Gasteiger partial charge in [0.15, 0.2) is 0 Å². The maximum absolute atomic E-state index is 11.4. The van der Waals surface area contributed by atoms with E-state index in [1.54, 1.807) is 6.92 Å². The average molecular weight is 306 g/mol. The molecule has 88 valence electrons. The molecule has 0 aliphatic rings. The zero-order valence-electron chi connectivity index (χ0n) is 9.04. The van der Waals surface area contributed by atoms with Crippen LogP contribution >= 0.6 is 27.5 Å². The molecule has 2 nitrogen and oxygen atoms in total. The highest BCUT2D eigenvalue weighted by atomic mass is 79.9. The Morgan fingerprint density at radius 2 is 2.25 bits per heavy atom. The number of benzene rings is 1. The summed E-state index contributed by atoms with van der Waals surface area (Å²) >= 11 is 9.41. The molecule has 1 unspecified atom stereocenters. The number of aliphatic hydroxyl groups excluding tert-OH is 1. The highest BCUT2D eigenvalue weighted by molar-refractivity contribution is 9.10. The van der Waals surface area contributed by atoms with Gasteiger partial charge < -0.3 is 5.11 Å². The van der Waals surface area contributed by atoms with Gasteiger partial charge in [-0.2, -0.15) is 0 Å². The Labute approximate surface area is 109 Å². The van der Waals surface area contributed by atoms with Crippen LogP contribution in [0.15, 0.2) is 22.7 Å². The molecule has 1 aromatic rings. The van der Waals surface area contributed by atoms with Crippen molar-refractivity contribution in [3.63, 3.8) is 0 Å². The van der Waals surface area contributed by atoms with Gasteiger partial charge in [-0.1, -0.05) is 33.6 Å². The summed E-state index contributed by atoms with van der Waals surface area (Å²) in [7, 11) is 0. The van der Waals surface area contributed by atoms with Crippen molar-refractivity contribution in [1.82, 2.24) is 0 Å². The fourth-order valence-electron chi connectivity index (χ4n) is 1.56. The van der Waals surface area contributed by atoms with Gasteiger partial charge in [0.1, 0.15) is 5.78 Å². The molecule has 0 aliphatic carbocycles. The number of aliphatic hydroxyl groups is 1. The SMILES string of the molecule is CC(=O)C(CCO)Cc1ccc(Br)cc1Cl. The number of ketones is 1. The zero-order chi connectivity index (χ0) is 12.1. The maximum atomic E-state index is 11.4. The summed E-state index contributed by atoms with van der Waals surface area (Å²) in [6.45, 7) is 1.57. The summed E-state index contributed by atoms with van der Waals surface area (Å²) in [5.74, 6) is -0.0586. The molecule has 1 N–H and O–H groups in total. The van der Waals surface area contributed by atoms with E-state index in [0.29, 0.717) is 17.9 Å². The van der Waals surface area contributed by atoms with E-state index < -0.39 is 0 Å². The standard InChI is InChI=1S/C12H14BrClO2/c1-8(16)9(4-5-15)6-10-2-3-11(13)7-12(10)14/h2-3,7,9,15H,4-6H2,1H3. The van der Waals surface area contributed by atoms with Crippen molar-refractivity contribution in [1.29, 1.82) is 0 Å². The molecule has 0 amide bonds. The van der Waals surface area contributed by atoms with Gasteiger partial charge in [0.2, 0.25) is 0 Å². The molecule has 0 bridgehead atoms. The summed E-state index contributed by atoms with van der Waals surface area (Å²) in [4.78, 5) is 11.4. The van der Waals surface area contributed by atoms with Crippen LogP contribution in [-0.4, -0.2) is 17.5 Å². The van der Waals surface area contributed by atoms with Crippen LogP contribution in [-0.2, 0) is 11.2 Å². The normalized spacial score (nSPS) is 12.5. The number of carbonyl (C=O) groups excluding carboxylic acids is 1. The fourth-order valence-corrected chi connectivity index (χ4v) is 2.31. The summed E-state index contributed by atoms with van der Waals surface area (Å²) in [5, 5.41) is 9.54. The van der Waals surface area contributed by atoms with Gasteiger partial charge in [-0.15, -0.1) is 0 Å². The van der Waals surface area contributed by atoms with Crippen LogP contribution in [0.4, 0.5) is 0 Å². The number of Topliss-reactive ketones (excluding diaryl/α,β-unsaturated/α-hetero) is 1. The first-order valence-corrected chi connectivity index (χ1v) is 6.27. The van der Waals surface area contributed by atoms with Crippen LogP contribution < -0.4 is 0 Å². The van der Waals surface area contributed by atoms with E-state index in [-0.39, 0.29) is 18.3 Å². The summed E-state index contributed by atoms with van der Waals surface area (Å²) < 4.78 is 0.919. The van der Waals surface area contributed by atoms with E-state index in [0.717, 1.165) is 10.0 Å². The molecule has 0 saturated heterocycles. The predicted octanol–water partition coefficient (Wildman–Crippen LogP) is 3.23. The molecule has 0 heterocycles. The lowest BCUT2D eigenvalue weighted by Crippen LogP contribution is -2.15. The van der Waals surface area contributed by atoms with Crippen molar-refractivity contribution in [3.8, 4) is 0 Å². The molecule has 1 rings (SSSR count). The van der Waals surface area contributed by atoms with Crippen molar-refractivity contribution in [2.75, 3.05) is 6.61 Å². The first kappa shape index (κ1) is 13.7. The largest absolute Gasteiger partial charge is 0.396 e. The van der Waals surface area contributed by atoms with Crippen LogP contribution in [0.5, 0.6) is 0 Å². The number of carbonyl (C=O) groups is 1. The molecule has 0 spiro atoms. The van der Waals surface area contributed by atoms with Gasteiger partial charge in [0.25, 0.3) is 0 Å². The van der Waals surface area contributed by atoms with Crippen molar-refractivity contribution >= 4 is 33.3 Å². The van der Waals surface area contributed by atoms with E-state index in [9.17, 15) is 4.79 Å². The minimum absolute atomic E-state index is 0.0262. The number of hydrogen-bond donors (Lipinski definition) is 1. The maximum Gasteiger partial charge on any atom is 0.133 e. The summed E-state index contributed by atoms with van der Waals surface area (Å²) in [5.41, 5.74) is 0.943. The van der Waals surface area contributed by atoms with Gasteiger partial charge in [-0.05, 0) is 37.5 Å². The zero-order valence-corrected chi connectivity index (χ0v) is 11.4. The molecule has 0 aliphatic heterocycles. The Morgan fingerprint density at radius 1 is 1.56 bits per heavy atom. The van der Waals surface area contributed by atoms with E-state index in [1.807, 2.05) is 18.2 Å². The fraction of sp³-hybridized carbons (Fsp3) is 0.417. The molecule has 4 heteroatoms. The first-order chi connectivity index (χ1) is 7.54. The minimum Gasteiger partial charge on any atom is -0.396 e. The number of rotatable bonds is 5. The highest BCUT2D eigenvalue weighted by Gasteiger charge is 2.15. The molecule has 16 heavy (non-hydrogen) atoms. The van der Waals surface area contributed by atoms with Crippen molar-refractivity contribution < 1.29 is 9.90 Å². The second-order valence-electron chi connectivity index (χ2n) is 3.76. The molecule has 0 aromatic heterocycles. The third kappa shape index (κ3) is 3.89. The Morgan fingerprint density at radius 3 is 2.75 bits per heavy atom. The molecule has 0 radical (unpaired) electrons. The van der Waals surface area contributed by atoms with Crippen LogP contribution in [0, 0.1) is 5.92 Å². The lowest BCUT2D eigenvalue weighted by molar-refractivity contribution is -0.121. The van der Waals surface area contributed by atoms with Gasteiger partial charge in [-0.3, -0.25) is 4.79 Å². The molecule has 0 fully saturated rings. The topological polar surface area (TPSA) is 37.3 Å². The van der Waals surface area contributed by atoms with Crippen LogP contribution in [0.3, 0.4) is 0 Å². The Kier molecular flexibility index (Phi) is 5.46. The molecular formula is C12H14BrClO2. The van der Waals surface area contributed by atoms with Crippen LogP contribution in [0.25, 0.3) is 0 Å². The van der Waals surface area contributed by atoms with Gasteiger partial charge in [-0.25, -0.2) is 0 Å². The van der Waals surface area contributed by atoms with E-state index in [1.165, 1.54) is 0 Å². The van der Waals surface area contributed by atoms with E-state index in [2.05, 4.69) is 15.9 Å². The third-order valence-corrected chi connectivity index (χ3v) is 3.38. The second-order valence-corrected chi connectivity index (χ2v) is 5.08. The molecule has 1 aromatic carbocycles. The molecular weight excluding hydrogens is 291 g/mol. The van der Waals surface area contributed by atoms with E-state index in [4.69, 9.17) is 16.7 Å². The molecule has 1 atom stereocenters. The van der Waals surface area contributed by atoms with Crippen LogP contribution in [0.2, 0.25) is 5.02 Å². The van der Waals surface area contributed by atoms with Crippen molar-refractivity contribution in [2.45, 2.75) is 19.8 Å². The third-order valence-electron chi connectivity index (χ3n) is 2.53. The van der Waals surface area contributed by atoms with E-state index >= 15 is 0 Å². The minimum atomic E-state index is -0.149. The number of halogens is 2.